The molecule has 6 aromatic carbocycles. The van der Waals surface area contributed by atoms with Crippen molar-refractivity contribution >= 4 is 71.1 Å². The number of phenolic OH excluding ortho intramolecular Hbond substituents is 1. The van der Waals surface area contributed by atoms with Crippen molar-refractivity contribution in [3.8, 4) is 46.6 Å². The number of carbonyl (C=O) groups is 1. The summed E-state index contributed by atoms with van der Waals surface area (Å²) >= 11 is 6.80. The average molecular weight is 923 g/mol. The minimum absolute atomic E-state index is 0.0139. The Bertz CT molecular complexity index is 2610. The van der Waals surface area contributed by atoms with E-state index in [-0.39, 0.29) is 18.2 Å². The highest BCUT2D eigenvalue weighted by molar-refractivity contribution is 9.11. The number of ether oxygens (including phenoxy) is 5. The number of fused-ring (bicyclic) bond motifs is 4. The van der Waals surface area contributed by atoms with Gasteiger partial charge in [0.15, 0.2) is 23.0 Å². The van der Waals surface area contributed by atoms with Gasteiger partial charge in [0, 0.05) is 44.0 Å². The van der Waals surface area contributed by atoms with Crippen molar-refractivity contribution in [2.45, 2.75) is 5.92 Å². The zero-order valence-corrected chi connectivity index (χ0v) is 35.4. The Morgan fingerprint density at radius 3 is 1.86 bits per heavy atom. The number of phenols is 1. The van der Waals surface area contributed by atoms with E-state index in [1.165, 1.54) is 7.11 Å². The maximum Gasteiger partial charge on any atom is 0.298 e. The molecule has 7 N–H and O–H groups in total. The highest BCUT2D eigenvalue weighted by atomic mass is 79.9. The van der Waals surface area contributed by atoms with E-state index >= 15 is 0 Å². The van der Waals surface area contributed by atoms with Crippen LogP contribution in [0, 0.1) is 29.2 Å². The van der Waals surface area contributed by atoms with Gasteiger partial charge in [-0.2, -0.15) is 10.5 Å². The predicted octanol–water partition coefficient (Wildman–Crippen LogP) is 9.26. The van der Waals surface area contributed by atoms with Gasteiger partial charge >= 0.3 is 0 Å². The summed E-state index contributed by atoms with van der Waals surface area (Å²) in [4.78, 5) is 13.3. The number of hydrogen-bond acceptors (Lipinski definition) is 12. The quantitative estimate of drug-likeness (QED) is 0.0533. The fourth-order valence-corrected chi connectivity index (χ4v) is 7.35. The number of carbonyl (C=O) groups excluding carboxylic acids is 1. The number of aromatic hydroxyl groups is 1. The number of methoxy groups -OCH3 is 4. The molecule has 0 aromatic heterocycles. The third kappa shape index (κ3) is 10.1. The van der Waals surface area contributed by atoms with Gasteiger partial charge in [-0.15, -0.1) is 0 Å². The van der Waals surface area contributed by atoms with Crippen LogP contribution in [-0.2, 0) is 0 Å². The first-order chi connectivity index (χ1) is 28.4. The molecule has 13 nitrogen and oxygen atoms in total. The van der Waals surface area contributed by atoms with Gasteiger partial charge in [-0.25, -0.2) is 6.57 Å². The standard InChI is InChI=1S/C22H18BrN3O3.C10H9NO.C9H9BrO3.C3H2N2/c1-27-18-9-11(8-16(23)21(18)28-2)19-14-7-6-12-13(4-3-5-17(12)25)20(14)29-22(26)15(19)10-24;11-9-5-1-4-8-7(9)3-2-6-10(8)12;1-12-8-4-6(5-11)3-7(10)9(8)13-2;1-5-3-2-4/h3-9,19H,25-26H2,1-2H3;1-6,12H,11H2;3-5H,1-2H3;3H2. The summed E-state index contributed by atoms with van der Waals surface area (Å²) in [5.41, 5.74) is 21.9. The van der Waals surface area contributed by atoms with Gasteiger partial charge in [0.25, 0.3) is 6.54 Å². The van der Waals surface area contributed by atoms with Crippen molar-refractivity contribution < 1.29 is 33.6 Å². The van der Waals surface area contributed by atoms with E-state index in [0.717, 1.165) is 39.0 Å². The molecule has 0 amide bonds. The molecule has 6 aromatic rings. The summed E-state index contributed by atoms with van der Waals surface area (Å²) in [7, 11) is 6.21. The van der Waals surface area contributed by atoms with Gasteiger partial charge in [0.1, 0.15) is 35.5 Å². The van der Waals surface area contributed by atoms with Crippen LogP contribution in [0.2, 0.25) is 0 Å². The fraction of sp³-hybridized carbons (Fsp3) is 0.136. The van der Waals surface area contributed by atoms with Gasteiger partial charge in [-0.05, 0) is 79.9 Å². The maximum absolute atomic E-state index is 10.5. The summed E-state index contributed by atoms with van der Waals surface area (Å²) in [6, 6.07) is 31.2. The predicted molar refractivity (Wildman–Crippen MR) is 235 cm³/mol. The van der Waals surface area contributed by atoms with Crippen LogP contribution in [0.5, 0.6) is 34.5 Å². The highest BCUT2D eigenvalue weighted by Crippen LogP contribution is 2.48. The van der Waals surface area contributed by atoms with Crippen LogP contribution in [0.15, 0.2) is 111 Å². The van der Waals surface area contributed by atoms with Crippen molar-refractivity contribution in [1.29, 1.82) is 10.5 Å². The molecule has 1 aliphatic heterocycles. The third-order valence-electron chi connectivity index (χ3n) is 8.74. The Kier molecular flexibility index (Phi) is 15.8. The van der Waals surface area contributed by atoms with Crippen LogP contribution < -0.4 is 40.9 Å². The molecule has 7 rings (SSSR count). The van der Waals surface area contributed by atoms with Crippen LogP contribution in [0.4, 0.5) is 11.4 Å². The summed E-state index contributed by atoms with van der Waals surface area (Å²) in [6.07, 6.45) is 0.757. The molecule has 0 fully saturated rings. The number of anilines is 2. The maximum atomic E-state index is 10.5. The second-order valence-corrected chi connectivity index (χ2v) is 13.8. The first-order valence-corrected chi connectivity index (χ1v) is 18.8. The van der Waals surface area contributed by atoms with Gasteiger partial charge in [0.2, 0.25) is 5.88 Å². The Hall–Kier alpha value is -7.12. The molecule has 300 valence electrons. The number of hydrogen-bond donors (Lipinski definition) is 4. The molecule has 15 heteroatoms. The molecular weight excluding hydrogens is 884 g/mol. The Balaban J connectivity index is 0.000000211. The highest BCUT2D eigenvalue weighted by Gasteiger charge is 2.33. The second-order valence-electron chi connectivity index (χ2n) is 12.1. The Morgan fingerprint density at radius 2 is 1.34 bits per heavy atom. The third-order valence-corrected chi connectivity index (χ3v) is 9.92. The summed E-state index contributed by atoms with van der Waals surface area (Å²) in [5, 5.41) is 30.3. The zero-order valence-electron chi connectivity index (χ0n) is 32.2. The van der Waals surface area contributed by atoms with E-state index in [0.29, 0.717) is 60.2 Å². The Morgan fingerprint density at radius 1 is 0.780 bits per heavy atom. The molecular formula is C44H38Br2N6O7. The van der Waals surface area contributed by atoms with Crippen LogP contribution in [-0.4, -0.2) is 46.4 Å². The van der Waals surface area contributed by atoms with E-state index in [2.05, 4.69) is 42.8 Å². The molecule has 1 heterocycles. The van der Waals surface area contributed by atoms with Gasteiger partial charge in [-0.3, -0.25) is 4.79 Å². The molecule has 0 radical (unpaired) electrons. The largest absolute Gasteiger partial charge is 0.507 e. The van der Waals surface area contributed by atoms with E-state index in [1.54, 1.807) is 51.7 Å². The number of nitrogens with two attached hydrogens (primary N) is 3. The van der Waals surface area contributed by atoms with Gasteiger partial charge < -0.3 is 50.8 Å². The molecule has 0 saturated heterocycles. The SMILES string of the molecule is COc1cc(C2C(C#N)=C(N)Oc3c2ccc2c(N)cccc32)cc(Br)c1OC.COc1cc(C=O)cc(Br)c1OC.Nc1cccc2c(O)cccc12.[C-]#[N+]CC#N. The Labute approximate surface area is 357 Å². The van der Waals surface area contributed by atoms with Crippen molar-refractivity contribution in [3.05, 3.63) is 140 Å². The number of nitrogens with zero attached hydrogens (tertiary/aromatic N) is 3. The van der Waals surface area contributed by atoms with Gasteiger partial charge in [0.05, 0.1) is 43.3 Å². The number of rotatable bonds is 6. The number of benzene rings is 6. The average Bonchev–Trinajstić information content (AvgIpc) is 3.24. The number of nitriles is 2. The molecule has 1 aliphatic rings. The molecule has 1 atom stereocenters. The fourth-order valence-electron chi connectivity index (χ4n) is 6.10. The molecule has 0 saturated carbocycles. The van der Waals surface area contributed by atoms with E-state index < -0.39 is 5.92 Å². The lowest BCUT2D eigenvalue weighted by Crippen LogP contribution is -2.21. The topological polar surface area (TPSA) is 213 Å². The lowest BCUT2D eigenvalue weighted by molar-refractivity contribution is 0.112. The summed E-state index contributed by atoms with van der Waals surface area (Å²) in [5.74, 6) is 2.78. The van der Waals surface area contributed by atoms with Crippen LogP contribution in [0.25, 0.3) is 26.4 Å². The lowest BCUT2D eigenvalue weighted by Gasteiger charge is -2.28. The first kappa shape index (κ1) is 44.6. The lowest BCUT2D eigenvalue weighted by atomic mass is 9.82. The number of nitrogen functional groups attached to an aromatic ring is 2. The van der Waals surface area contributed by atoms with Crippen molar-refractivity contribution in [1.82, 2.24) is 0 Å². The van der Waals surface area contributed by atoms with Crippen LogP contribution in [0.1, 0.15) is 27.4 Å². The van der Waals surface area contributed by atoms with Crippen LogP contribution in [0.3, 0.4) is 0 Å². The molecule has 0 aliphatic carbocycles. The normalized spacial score (nSPS) is 12.2. The van der Waals surface area contributed by atoms with Crippen molar-refractivity contribution in [3.63, 3.8) is 0 Å². The number of halogens is 2. The van der Waals surface area contributed by atoms with E-state index in [9.17, 15) is 15.2 Å². The first-order valence-electron chi connectivity index (χ1n) is 17.3. The minimum atomic E-state index is -0.425. The monoisotopic (exact) mass is 920 g/mol. The van der Waals surface area contributed by atoms with E-state index in [4.69, 9.17) is 52.7 Å². The van der Waals surface area contributed by atoms with E-state index in [1.807, 2.05) is 66.7 Å². The smallest absolute Gasteiger partial charge is 0.298 e. The second kappa shape index (κ2) is 20.9. The van der Waals surface area contributed by atoms with Crippen molar-refractivity contribution in [2.24, 2.45) is 5.73 Å². The molecule has 0 bridgehead atoms. The number of allylic oxidation sites excluding steroid dienone is 1. The number of aldehydes is 1. The van der Waals surface area contributed by atoms with Crippen molar-refractivity contribution in [2.75, 3.05) is 46.5 Å². The van der Waals surface area contributed by atoms with Crippen LogP contribution >= 0.6 is 31.9 Å². The summed E-state index contributed by atoms with van der Waals surface area (Å²) in [6.45, 7) is 5.99. The summed E-state index contributed by atoms with van der Waals surface area (Å²) < 4.78 is 28.3. The molecule has 59 heavy (non-hydrogen) atoms. The molecule has 0 spiro atoms. The minimum Gasteiger partial charge on any atom is -0.507 e. The zero-order chi connectivity index (χ0) is 43.2. The molecule has 1 unspecified atom stereocenters. The van der Waals surface area contributed by atoms with Gasteiger partial charge in [-0.1, -0.05) is 48.5 Å².